The van der Waals surface area contributed by atoms with Crippen LogP contribution in [-0.4, -0.2) is 48.5 Å². The fraction of sp³-hybridized carbons (Fsp3) is 0.367. The second-order valence-electron chi connectivity index (χ2n) is 10.1. The Morgan fingerprint density at radius 1 is 1.03 bits per heavy atom. The van der Waals surface area contributed by atoms with Crippen molar-refractivity contribution in [3.63, 3.8) is 0 Å². The molecule has 38 heavy (non-hydrogen) atoms. The van der Waals surface area contributed by atoms with Crippen LogP contribution >= 0.6 is 0 Å². The van der Waals surface area contributed by atoms with Crippen LogP contribution < -0.4 is 4.74 Å². The second-order valence-corrected chi connectivity index (χ2v) is 10.1. The Morgan fingerprint density at radius 3 is 2.32 bits per heavy atom. The standard InChI is InChI=1S/C30H32F4N2O2/c1-20(2)36(29(37)22-9-11-26(31)12-10-22)18-24-17-35(16-21-7-13-27(38-3)14-8-21)19-28(24)23-5-4-6-25(15-23)30(32,33)34/h4-15,20,24,28H,16-19H2,1-3H3/t24-,28-/m1/s1. The van der Waals surface area contributed by atoms with Crippen LogP contribution in [0.1, 0.15) is 46.8 Å². The summed E-state index contributed by atoms with van der Waals surface area (Å²) in [5, 5.41) is 0. The van der Waals surface area contributed by atoms with Crippen molar-refractivity contribution in [2.24, 2.45) is 5.92 Å². The van der Waals surface area contributed by atoms with E-state index in [-0.39, 0.29) is 23.8 Å². The van der Waals surface area contributed by atoms with Gasteiger partial charge in [0.1, 0.15) is 11.6 Å². The SMILES string of the molecule is COc1ccc(CN2C[C@H](CN(C(=O)c3ccc(F)cc3)C(C)C)[C@@H](c3cccc(C(F)(F)F)c3)C2)cc1. The number of halogens is 4. The number of likely N-dealkylation sites (tertiary alicyclic amines) is 1. The highest BCUT2D eigenvalue weighted by Crippen LogP contribution is 2.38. The minimum absolute atomic E-state index is 0.0940. The molecule has 8 heteroatoms. The smallest absolute Gasteiger partial charge is 0.416 e. The zero-order valence-corrected chi connectivity index (χ0v) is 21.7. The molecule has 1 aliphatic heterocycles. The molecule has 0 unspecified atom stereocenters. The zero-order chi connectivity index (χ0) is 27.4. The van der Waals surface area contributed by atoms with Gasteiger partial charge in [0.2, 0.25) is 0 Å². The van der Waals surface area contributed by atoms with Crippen LogP contribution in [0.4, 0.5) is 17.6 Å². The molecule has 1 aliphatic rings. The molecule has 0 spiro atoms. The average molecular weight is 529 g/mol. The molecule has 1 amide bonds. The van der Waals surface area contributed by atoms with E-state index in [9.17, 15) is 22.4 Å². The van der Waals surface area contributed by atoms with E-state index in [1.807, 2.05) is 38.1 Å². The number of carbonyl (C=O) groups excluding carboxylic acids is 1. The summed E-state index contributed by atoms with van der Waals surface area (Å²) < 4.78 is 59.2. The number of hydrogen-bond acceptors (Lipinski definition) is 3. The third-order valence-corrected chi connectivity index (χ3v) is 7.13. The maximum Gasteiger partial charge on any atom is 0.416 e. The van der Waals surface area contributed by atoms with Crippen LogP contribution in [0.25, 0.3) is 0 Å². The molecule has 2 atom stereocenters. The Bertz CT molecular complexity index is 1230. The van der Waals surface area contributed by atoms with E-state index in [0.29, 0.717) is 37.3 Å². The quantitative estimate of drug-likeness (QED) is 0.308. The molecule has 1 heterocycles. The molecule has 1 fully saturated rings. The molecular formula is C30H32F4N2O2. The molecule has 0 saturated carbocycles. The lowest BCUT2D eigenvalue weighted by Crippen LogP contribution is -2.42. The van der Waals surface area contributed by atoms with Crippen LogP contribution in [0.5, 0.6) is 5.75 Å². The highest BCUT2D eigenvalue weighted by Gasteiger charge is 2.38. The lowest BCUT2D eigenvalue weighted by molar-refractivity contribution is -0.137. The summed E-state index contributed by atoms with van der Waals surface area (Å²) in [7, 11) is 1.60. The predicted octanol–water partition coefficient (Wildman–Crippen LogP) is 6.62. The topological polar surface area (TPSA) is 32.8 Å². The number of benzene rings is 3. The number of ether oxygens (including phenoxy) is 1. The molecular weight excluding hydrogens is 496 g/mol. The fourth-order valence-corrected chi connectivity index (χ4v) is 5.13. The molecule has 0 N–H and O–H groups in total. The molecule has 3 aromatic carbocycles. The number of alkyl halides is 3. The van der Waals surface area contributed by atoms with Crippen molar-refractivity contribution in [2.45, 2.75) is 38.5 Å². The predicted molar refractivity (Wildman–Crippen MR) is 139 cm³/mol. The Labute approximate surface area is 220 Å². The van der Waals surface area contributed by atoms with Crippen LogP contribution in [-0.2, 0) is 12.7 Å². The van der Waals surface area contributed by atoms with Gasteiger partial charge in [0.05, 0.1) is 12.7 Å². The number of nitrogens with zero attached hydrogens (tertiary/aromatic N) is 2. The number of amides is 1. The molecule has 3 aromatic rings. The van der Waals surface area contributed by atoms with E-state index >= 15 is 0 Å². The Balaban J connectivity index is 1.61. The van der Waals surface area contributed by atoms with Gasteiger partial charge in [0.25, 0.3) is 5.91 Å². The van der Waals surface area contributed by atoms with Crippen LogP contribution in [0.15, 0.2) is 72.8 Å². The largest absolute Gasteiger partial charge is 0.497 e. The van der Waals surface area contributed by atoms with Gasteiger partial charge in [-0.15, -0.1) is 0 Å². The lowest BCUT2D eigenvalue weighted by atomic mass is 9.87. The van der Waals surface area contributed by atoms with Crippen molar-refractivity contribution < 1.29 is 27.1 Å². The van der Waals surface area contributed by atoms with Gasteiger partial charge < -0.3 is 9.64 Å². The van der Waals surface area contributed by atoms with E-state index in [1.165, 1.54) is 36.4 Å². The monoisotopic (exact) mass is 528 g/mol. The van der Waals surface area contributed by atoms with E-state index in [1.54, 1.807) is 18.1 Å². The van der Waals surface area contributed by atoms with Crippen molar-refractivity contribution >= 4 is 5.91 Å². The van der Waals surface area contributed by atoms with Crippen LogP contribution in [0, 0.1) is 11.7 Å². The summed E-state index contributed by atoms with van der Waals surface area (Å²) in [6.07, 6.45) is -4.44. The molecule has 202 valence electrons. The summed E-state index contributed by atoms with van der Waals surface area (Å²) in [6, 6.07) is 18.5. The molecule has 1 saturated heterocycles. The first-order valence-electron chi connectivity index (χ1n) is 12.6. The maximum atomic E-state index is 13.5. The van der Waals surface area contributed by atoms with Crippen molar-refractivity contribution in [1.29, 1.82) is 0 Å². The summed E-state index contributed by atoms with van der Waals surface area (Å²) in [5.74, 6) is -0.188. The van der Waals surface area contributed by atoms with E-state index in [2.05, 4.69) is 4.90 Å². The summed E-state index contributed by atoms with van der Waals surface area (Å²) in [5.41, 5.74) is 1.38. The average Bonchev–Trinajstić information content (AvgIpc) is 3.29. The first-order valence-corrected chi connectivity index (χ1v) is 12.6. The number of carbonyl (C=O) groups is 1. The minimum atomic E-state index is -4.44. The summed E-state index contributed by atoms with van der Waals surface area (Å²) >= 11 is 0. The molecule has 0 bridgehead atoms. The van der Waals surface area contributed by atoms with Crippen LogP contribution in [0.3, 0.4) is 0 Å². The highest BCUT2D eigenvalue weighted by atomic mass is 19.4. The fourth-order valence-electron chi connectivity index (χ4n) is 5.13. The molecule has 4 rings (SSSR count). The van der Waals surface area contributed by atoms with Crippen molar-refractivity contribution in [3.05, 3.63) is 101 Å². The molecule has 0 aliphatic carbocycles. The number of hydrogen-bond donors (Lipinski definition) is 0. The second kappa shape index (κ2) is 11.6. The van der Waals surface area contributed by atoms with Gasteiger partial charge >= 0.3 is 6.18 Å². The first-order chi connectivity index (χ1) is 18.0. The third kappa shape index (κ3) is 6.54. The van der Waals surface area contributed by atoms with Crippen molar-refractivity contribution in [1.82, 2.24) is 9.80 Å². The van der Waals surface area contributed by atoms with Gasteiger partial charge in [0.15, 0.2) is 0 Å². The van der Waals surface area contributed by atoms with Gasteiger partial charge in [-0.25, -0.2) is 4.39 Å². The molecule has 0 aromatic heterocycles. The van der Waals surface area contributed by atoms with Crippen molar-refractivity contribution in [3.8, 4) is 5.75 Å². The van der Waals surface area contributed by atoms with Gasteiger partial charge in [-0.2, -0.15) is 13.2 Å². The normalized spacial score (nSPS) is 18.1. The Morgan fingerprint density at radius 2 is 1.71 bits per heavy atom. The Hall–Kier alpha value is -3.39. The zero-order valence-electron chi connectivity index (χ0n) is 21.7. The van der Waals surface area contributed by atoms with Gasteiger partial charge in [-0.05, 0) is 73.4 Å². The molecule has 4 nitrogen and oxygen atoms in total. The first kappa shape index (κ1) is 27.6. The number of methoxy groups -OCH3 is 1. The van der Waals surface area contributed by atoms with Gasteiger partial charge in [-0.3, -0.25) is 9.69 Å². The summed E-state index contributed by atoms with van der Waals surface area (Å²) in [6.45, 7) is 5.99. The molecule has 0 radical (unpaired) electrons. The highest BCUT2D eigenvalue weighted by molar-refractivity contribution is 5.94. The Kier molecular flexibility index (Phi) is 8.41. The third-order valence-electron chi connectivity index (χ3n) is 7.13. The van der Waals surface area contributed by atoms with Crippen molar-refractivity contribution in [2.75, 3.05) is 26.7 Å². The maximum absolute atomic E-state index is 13.5. The van der Waals surface area contributed by atoms with E-state index in [4.69, 9.17) is 4.74 Å². The lowest BCUT2D eigenvalue weighted by Gasteiger charge is -2.32. The van der Waals surface area contributed by atoms with E-state index < -0.39 is 17.6 Å². The minimum Gasteiger partial charge on any atom is -0.497 e. The van der Waals surface area contributed by atoms with Gasteiger partial charge in [-0.1, -0.05) is 30.3 Å². The van der Waals surface area contributed by atoms with Crippen LogP contribution in [0.2, 0.25) is 0 Å². The number of rotatable bonds is 8. The summed E-state index contributed by atoms with van der Waals surface area (Å²) in [4.78, 5) is 17.3. The van der Waals surface area contributed by atoms with E-state index in [0.717, 1.165) is 17.4 Å². The van der Waals surface area contributed by atoms with Gasteiger partial charge in [0, 0.05) is 43.7 Å².